The Labute approximate surface area is 177 Å². The van der Waals surface area contributed by atoms with Crippen LogP contribution in [0.3, 0.4) is 0 Å². The zero-order chi connectivity index (χ0) is 20.6. The predicted molar refractivity (Wildman–Crippen MR) is 115 cm³/mol. The van der Waals surface area contributed by atoms with Crippen molar-refractivity contribution in [3.05, 3.63) is 64.9 Å². The third-order valence-corrected chi connectivity index (χ3v) is 8.44. The summed E-state index contributed by atoms with van der Waals surface area (Å²) < 4.78 is 37.8. The van der Waals surface area contributed by atoms with E-state index in [0.717, 1.165) is 5.56 Å². The summed E-state index contributed by atoms with van der Waals surface area (Å²) in [5.41, 5.74) is 1.58. The minimum absolute atomic E-state index is 0.0309. The Morgan fingerprint density at radius 3 is 2.69 bits per heavy atom. The van der Waals surface area contributed by atoms with Gasteiger partial charge in [0.15, 0.2) is 15.0 Å². The summed E-state index contributed by atoms with van der Waals surface area (Å²) in [7, 11) is -3.17. The van der Waals surface area contributed by atoms with Crippen LogP contribution in [0.25, 0.3) is 0 Å². The Bertz CT molecular complexity index is 1080. The van der Waals surface area contributed by atoms with Crippen LogP contribution < -0.4 is 4.90 Å². The van der Waals surface area contributed by atoms with Crippen LogP contribution >= 0.6 is 23.4 Å². The Balaban J connectivity index is 1.59. The molecule has 0 unspecified atom stereocenters. The Hall–Kier alpha value is -1.90. The minimum Gasteiger partial charge on any atom is -0.316 e. The number of aryl methyl sites for hydroxylation is 1. The number of carbonyl (C=O) groups is 1. The highest BCUT2D eigenvalue weighted by molar-refractivity contribution is 8.16. The van der Waals surface area contributed by atoms with Gasteiger partial charge in [0.1, 0.15) is 5.82 Å². The van der Waals surface area contributed by atoms with Crippen molar-refractivity contribution in [3.63, 3.8) is 0 Å². The molecular formula is C20H18ClFN2O3S2. The predicted octanol–water partition coefficient (Wildman–Crippen LogP) is 3.71. The Morgan fingerprint density at radius 2 is 1.97 bits per heavy atom. The molecule has 0 bridgehead atoms. The second-order valence-corrected chi connectivity index (χ2v) is 10.8. The summed E-state index contributed by atoms with van der Waals surface area (Å²) in [5.74, 6) is -0.838. The highest BCUT2D eigenvalue weighted by atomic mass is 35.5. The molecule has 5 nitrogen and oxygen atoms in total. The quantitative estimate of drug-likeness (QED) is 0.707. The van der Waals surface area contributed by atoms with E-state index >= 15 is 0 Å². The monoisotopic (exact) mass is 452 g/mol. The Kier molecular flexibility index (Phi) is 5.68. The standard InChI is InChI=1S/C20H18ClFN2O3S2/c21-15-10-14(7-8-16(15)22)24-17-11-29(26,27)12-18(17)28-20(24)23-19(25)9-6-13-4-2-1-3-5-13/h1-5,7-8,10,17-18H,6,9,11-12H2/t17-,18-/m1/s1. The van der Waals surface area contributed by atoms with Crippen molar-refractivity contribution in [2.75, 3.05) is 16.4 Å². The summed E-state index contributed by atoms with van der Waals surface area (Å²) in [6, 6.07) is 13.5. The fourth-order valence-electron chi connectivity index (χ4n) is 3.56. The van der Waals surface area contributed by atoms with Crippen molar-refractivity contribution < 1.29 is 17.6 Å². The molecule has 0 aliphatic carbocycles. The average molecular weight is 453 g/mol. The first-order chi connectivity index (χ1) is 13.8. The fraction of sp³-hybridized carbons (Fsp3) is 0.300. The molecule has 0 spiro atoms. The van der Waals surface area contributed by atoms with Gasteiger partial charge in [-0.25, -0.2) is 12.8 Å². The number of halogens is 2. The van der Waals surface area contributed by atoms with Crippen LogP contribution in [0.5, 0.6) is 0 Å². The largest absolute Gasteiger partial charge is 0.316 e. The Morgan fingerprint density at radius 1 is 1.21 bits per heavy atom. The van der Waals surface area contributed by atoms with Crippen molar-refractivity contribution in [3.8, 4) is 0 Å². The number of aliphatic imine (C=N–C) groups is 1. The van der Waals surface area contributed by atoms with Gasteiger partial charge in [0.2, 0.25) is 5.91 Å². The molecule has 0 N–H and O–H groups in total. The van der Waals surface area contributed by atoms with E-state index in [2.05, 4.69) is 4.99 Å². The van der Waals surface area contributed by atoms with E-state index in [-0.39, 0.29) is 40.1 Å². The molecule has 2 aromatic rings. The number of hydrogen-bond donors (Lipinski definition) is 0. The molecule has 0 radical (unpaired) electrons. The molecule has 152 valence electrons. The molecule has 4 rings (SSSR count). The maximum atomic E-state index is 13.6. The van der Waals surface area contributed by atoms with Gasteiger partial charge in [-0.2, -0.15) is 4.99 Å². The number of fused-ring (bicyclic) bond motifs is 1. The van der Waals surface area contributed by atoms with Gasteiger partial charge in [-0.15, -0.1) is 0 Å². The fourth-order valence-corrected chi connectivity index (χ4v) is 7.67. The summed E-state index contributed by atoms with van der Waals surface area (Å²) >= 11 is 7.21. The van der Waals surface area contributed by atoms with Crippen molar-refractivity contribution in [1.29, 1.82) is 0 Å². The molecule has 2 atom stereocenters. The number of amides is 1. The van der Waals surface area contributed by atoms with E-state index < -0.39 is 15.7 Å². The van der Waals surface area contributed by atoms with Crippen LogP contribution in [-0.4, -0.2) is 42.3 Å². The van der Waals surface area contributed by atoms with E-state index in [0.29, 0.717) is 17.3 Å². The highest BCUT2D eigenvalue weighted by Gasteiger charge is 2.49. The van der Waals surface area contributed by atoms with Crippen LogP contribution in [0, 0.1) is 5.82 Å². The zero-order valence-corrected chi connectivity index (χ0v) is 17.7. The summed E-state index contributed by atoms with van der Waals surface area (Å²) in [4.78, 5) is 18.5. The lowest BCUT2D eigenvalue weighted by atomic mass is 10.1. The highest BCUT2D eigenvalue weighted by Crippen LogP contribution is 2.41. The second kappa shape index (κ2) is 8.08. The van der Waals surface area contributed by atoms with E-state index in [9.17, 15) is 17.6 Å². The molecule has 2 aliphatic rings. The molecule has 2 heterocycles. The van der Waals surface area contributed by atoms with Gasteiger partial charge in [0.25, 0.3) is 0 Å². The smallest absolute Gasteiger partial charge is 0.248 e. The normalized spacial score (nSPS) is 24.1. The van der Waals surface area contributed by atoms with Gasteiger partial charge < -0.3 is 4.90 Å². The zero-order valence-electron chi connectivity index (χ0n) is 15.3. The van der Waals surface area contributed by atoms with Crippen molar-refractivity contribution >= 4 is 50.0 Å². The van der Waals surface area contributed by atoms with E-state index in [1.165, 1.54) is 30.0 Å². The third kappa shape index (κ3) is 4.49. The number of thioether (sulfide) groups is 1. The summed E-state index contributed by atoms with van der Waals surface area (Å²) in [6.45, 7) is 0. The molecular weight excluding hydrogens is 435 g/mol. The van der Waals surface area contributed by atoms with Gasteiger partial charge in [-0.3, -0.25) is 4.79 Å². The lowest BCUT2D eigenvalue weighted by Gasteiger charge is -2.24. The number of nitrogens with zero attached hydrogens (tertiary/aromatic N) is 2. The maximum Gasteiger partial charge on any atom is 0.248 e. The summed E-state index contributed by atoms with van der Waals surface area (Å²) in [5, 5.41) is 0.159. The first-order valence-corrected chi connectivity index (χ1v) is 12.2. The number of carbonyl (C=O) groups excluding carboxylic acids is 1. The van der Waals surface area contributed by atoms with E-state index in [1.807, 2.05) is 30.3 Å². The van der Waals surface area contributed by atoms with Gasteiger partial charge >= 0.3 is 0 Å². The maximum absolute atomic E-state index is 13.6. The topological polar surface area (TPSA) is 66.8 Å². The number of sulfone groups is 1. The molecule has 29 heavy (non-hydrogen) atoms. The molecule has 2 aromatic carbocycles. The molecule has 0 saturated carbocycles. The van der Waals surface area contributed by atoms with Gasteiger partial charge in [0, 0.05) is 17.4 Å². The van der Waals surface area contributed by atoms with Crippen LogP contribution in [0.15, 0.2) is 53.5 Å². The number of rotatable bonds is 4. The van der Waals surface area contributed by atoms with Gasteiger partial charge in [0.05, 0.1) is 22.6 Å². The molecule has 1 amide bonds. The number of amidine groups is 1. The van der Waals surface area contributed by atoms with E-state index in [1.54, 1.807) is 4.90 Å². The summed E-state index contributed by atoms with van der Waals surface area (Å²) in [6.07, 6.45) is 0.824. The minimum atomic E-state index is -3.17. The van der Waals surface area contributed by atoms with Crippen LogP contribution in [0.4, 0.5) is 10.1 Å². The molecule has 2 saturated heterocycles. The molecule has 2 fully saturated rings. The van der Waals surface area contributed by atoms with Gasteiger partial charge in [-0.1, -0.05) is 53.7 Å². The first kappa shape index (κ1) is 20.4. The third-order valence-electron chi connectivity index (χ3n) is 4.94. The van der Waals surface area contributed by atoms with Crippen LogP contribution in [0.1, 0.15) is 12.0 Å². The second-order valence-electron chi connectivity index (χ2n) is 7.04. The first-order valence-electron chi connectivity index (χ1n) is 9.09. The average Bonchev–Trinajstić information content (AvgIpc) is 3.14. The van der Waals surface area contributed by atoms with Gasteiger partial charge in [-0.05, 0) is 30.2 Å². The molecule has 9 heteroatoms. The van der Waals surface area contributed by atoms with Crippen molar-refractivity contribution in [2.24, 2.45) is 4.99 Å². The van der Waals surface area contributed by atoms with Crippen molar-refractivity contribution in [2.45, 2.75) is 24.1 Å². The number of anilines is 1. The SMILES string of the molecule is O=C(CCc1ccccc1)N=C1S[C@@H]2CS(=O)(=O)C[C@H]2N1c1ccc(F)c(Cl)c1. The van der Waals surface area contributed by atoms with E-state index in [4.69, 9.17) is 11.6 Å². The number of hydrogen-bond acceptors (Lipinski definition) is 4. The van der Waals surface area contributed by atoms with Crippen molar-refractivity contribution in [1.82, 2.24) is 0 Å². The lowest BCUT2D eigenvalue weighted by molar-refractivity contribution is -0.117. The molecule has 0 aromatic heterocycles. The number of benzene rings is 2. The molecule has 2 aliphatic heterocycles. The van der Waals surface area contributed by atoms with Crippen LogP contribution in [-0.2, 0) is 21.1 Å². The lowest BCUT2D eigenvalue weighted by Crippen LogP contribution is -2.37. The van der Waals surface area contributed by atoms with Crippen LogP contribution in [0.2, 0.25) is 5.02 Å².